The molecule has 7 heteroatoms. The summed E-state index contributed by atoms with van der Waals surface area (Å²) in [6.07, 6.45) is 0.733. The molecule has 2 amide bonds. The fourth-order valence-electron chi connectivity index (χ4n) is 4.00. The second-order valence-electron chi connectivity index (χ2n) is 10.3. The van der Waals surface area contributed by atoms with E-state index >= 15 is 0 Å². The highest BCUT2D eigenvalue weighted by atomic mass is 32.1. The lowest BCUT2D eigenvalue weighted by Gasteiger charge is -2.19. The summed E-state index contributed by atoms with van der Waals surface area (Å²) in [4.78, 5) is 25.6. The summed E-state index contributed by atoms with van der Waals surface area (Å²) in [7, 11) is 0. The van der Waals surface area contributed by atoms with Crippen LogP contribution in [-0.4, -0.2) is 23.5 Å². The van der Waals surface area contributed by atoms with Crippen LogP contribution in [0, 0.1) is 0 Å². The first-order valence-corrected chi connectivity index (χ1v) is 13.5. The van der Waals surface area contributed by atoms with Crippen molar-refractivity contribution >= 4 is 40.5 Å². The molecule has 4 aromatic carbocycles. The Morgan fingerprint density at radius 3 is 1.98 bits per heavy atom. The maximum absolute atomic E-state index is 12.9. The first kappa shape index (κ1) is 28.5. The molecule has 0 heterocycles. The first-order chi connectivity index (χ1) is 19.2. The van der Waals surface area contributed by atoms with Crippen molar-refractivity contribution < 1.29 is 14.3 Å². The largest absolute Gasteiger partial charge is 0.492 e. The van der Waals surface area contributed by atoms with Crippen molar-refractivity contribution in [1.82, 2.24) is 5.32 Å². The van der Waals surface area contributed by atoms with Crippen LogP contribution in [0.15, 0.2) is 103 Å². The average molecular weight is 552 g/mol. The lowest BCUT2D eigenvalue weighted by atomic mass is 9.87. The van der Waals surface area contributed by atoms with Crippen molar-refractivity contribution in [1.29, 1.82) is 0 Å². The van der Waals surface area contributed by atoms with Crippen molar-refractivity contribution in [2.24, 2.45) is 0 Å². The third-order valence-corrected chi connectivity index (χ3v) is 6.47. The number of nitrogens with one attached hydrogen (secondary N) is 3. The predicted molar refractivity (Wildman–Crippen MR) is 165 cm³/mol. The summed E-state index contributed by atoms with van der Waals surface area (Å²) in [6, 6.07) is 31.8. The number of anilines is 2. The zero-order valence-corrected chi connectivity index (χ0v) is 23.7. The number of carbonyl (C=O) groups is 2. The summed E-state index contributed by atoms with van der Waals surface area (Å²) < 4.78 is 5.90. The van der Waals surface area contributed by atoms with Crippen LogP contribution in [0.4, 0.5) is 11.4 Å². The van der Waals surface area contributed by atoms with E-state index in [2.05, 4.69) is 36.7 Å². The standard InChI is InChI=1S/C33H33N3O3S/c1-33(2,3)25-15-13-24(14-16-25)30(37)34-26-17-19-27(20-18-26)35-32(40)36-31(38)28-11-7-8-12-29(28)39-22-21-23-9-5-4-6-10-23/h4-20H,21-22H2,1-3H3,(H,34,37)(H2,35,36,38,40). The monoisotopic (exact) mass is 551 g/mol. The van der Waals surface area contributed by atoms with Crippen LogP contribution in [0.2, 0.25) is 0 Å². The van der Waals surface area contributed by atoms with Gasteiger partial charge in [-0.2, -0.15) is 0 Å². The molecule has 0 bridgehead atoms. The summed E-state index contributed by atoms with van der Waals surface area (Å²) in [5, 5.41) is 8.77. The third-order valence-electron chi connectivity index (χ3n) is 6.26. The molecule has 0 radical (unpaired) electrons. The van der Waals surface area contributed by atoms with Crippen LogP contribution in [0.3, 0.4) is 0 Å². The van der Waals surface area contributed by atoms with Crippen molar-refractivity contribution in [3.8, 4) is 5.75 Å². The molecule has 0 spiro atoms. The Kier molecular flexibility index (Phi) is 9.30. The zero-order valence-electron chi connectivity index (χ0n) is 22.9. The lowest BCUT2D eigenvalue weighted by Crippen LogP contribution is -2.34. The number of thiocarbonyl (C=S) groups is 1. The number of hydrogen-bond acceptors (Lipinski definition) is 4. The quantitative estimate of drug-likeness (QED) is 0.206. The Balaban J connectivity index is 1.29. The van der Waals surface area contributed by atoms with Gasteiger partial charge in [-0.05, 0) is 77.3 Å². The molecule has 0 aromatic heterocycles. The Hall–Kier alpha value is -4.49. The molecule has 0 saturated heterocycles. The number of para-hydroxylation sites is 1. The van der Waals surface area contributed by atoms with Gasteiger partial charge in [0.15, 0.2) is 5.11 Å². The third kappa shape index (κ3) is 8.01. The summed E-state index contributed by atoms with van der Waals surface area (Å²) in [5.74, 6) is -0.0605. The maximum atomic E-state index is 12.9. The summed E-state index contributed by atoms with van der Waals surface area (Å²) >= 11 is 5.36. The van der Waals surface area contributed by atoms with Crippen LogP contribution in [0.25, 0.3) is 0 Å². The minimum Gasteiger partial charge on any atom is -0.492 e. The van der Waals surface area contributed by atoms with E-state index in [4.69, 9.17) is 17.0 Å². The van der Waals surface area contributed by atoms with E-state index in [1.165, 1.54) is 5.56 Å². The Bertz CT molecular complexity index is 1460. The summed E-state index contributed by atoms with van der Waals surface area (Å²) in [6.45, 7) is 6.85. The van der Waals surface area contributed by atoms with Gasteiger partial charge in [-0.1, -0.05) is 75.4 Å². The van der Waals surface area contributed by atoms with Gasteiger partial charge in [-0.3, -0.25) is 14.9 Å². The van der Waals surface area contributed by atoms with E-state index < -0.39 is 0 Å². The van der Waals surface area contributed by atoms with E-state index in [0.717, 1.165) is 12.0 Å². The molecular weight excluding hydrogens is 518 g/mol. The molecule has 4 aromatic rings. The number of amides is 2. The summed E-state index contributed by atoms with van der Waals surface area (Å²) in [5.41, 5.74) is 4.66. The molecule has 0 aliphatic rings. The van der Waals surface area contributed by atoms with Crippen LogP contribution >= 0.6 is 12.2 Å². The molecule has 0 aliphatic carbocycles. The van der Waals surface area contributed by atoms with Crippen molar-refractivity contribution in [3.05, 3.63) is 125 Å². The predicted octanol–water partition coefficient (Wildman–Crippen LogP) is 6.98. The van der Waals surface area contributed by atoms with Gasteiger partial charge in [-0.25, -0.2) is 0 Å². The van der Waals surface area contributed by atoms with Crippen molar-refractivity contribution in [2.75, 3.05) is 17.2 Å². The van der Waals surface area contributed by atoms with Gasteiger partial charge in [0, 0.05) is 23.4 Å². The fourth-order valence-corrected chi connectivity index (χ4v) is 4.21. The Labute approximate surface area is 240 Å². The van der Waals surface area contributed by atoms with Gasteiger partial charge in [0.05, 0.1) is 12.2 Å². The number of hydrogen-bond donors (Lipinski definition) is 3. The van der Waals surface area contributed by atoms with Gasteiger partial charge in [0.25, 0.3) is 11.8 Å². The normalized spacial score (nSPS) is 10.9. The number of rotatable bonds is 8. The van der Waals surface area contributed by atoms with E-state index in [0.29, 0.717) is 34.9 Å². The molecule has 0 aliphatic heterocycles. The molecule has 4 rings (SSSR count). The molecule has 204 valence electrons. The number of benzene rings is 4. The smallest absolute Gasteiger partial charge is 0.261 e. The zero-order chi connectivity index (χ0) is 28.5. The van der Waals surface area contributed by atoms with E-state index in [9.17, 15) is 9.59 Å². The van der Waals surface area contributed by atoms with Gasteiger partial charge in [0.1, 0.15) is 5.75 Å². The molecule has 0 atom stereocenters. The number of ether oxygens (including phenoxy) is 1. The van der Waals surface area contributed by atoms with Crippen LogP contribution in [-0.2, 0) is 11.8 Å². The maximum Gasteiger partial charge on any atom is 0.261 e. The van der Waals surface area contributed by atoms with E-state index in [-0.39, 0.29) is 22.3 Å². The minimum atomic E-state index is -0.367. The van der Waals surface area contributed by atoms with Crippen LogP contribution < -0.4 is 20.7 Å². The van der Waals surface area contributed by atoms with Crippen LogP contribution in [0.5, 0.6) is 5.75 Å². The second-order valence-corrected chi connectivity index (χ2v) is 10.8. The Morgan fingerprint density at radius 2 is 1.32 bits per heavy atom. The molecule has 40 heavy (non-hydrogen) atoms. The van der Waals surface area contributed by atoms with Crippen molar-refractivity contribution in [3.63, 3.8) is 0 Å². The topological polar surface area (TPSA) is 79.5 Å². The van der Waals surface area contributed by atoms with Gasteiger partial charge < -0.3 is 15.4 Å². The second kappa shape index (κ2) is 13.0. The SMILES string of the molecule is CC(C)(C)c1ccc(C(=O)Nc2ccc(NC(=S)NC(=O)c3ccccc3OCCc3ccccc3)cc2)cc1. The molecular formula is C33H33N3O3S. The van der Waals surface area contributed by atoms with Crippen molar-refractivity contribution in [2.45, 2.75) is 32.6 Å². The highest BCUT2D eigenvalue weighted by molar-refractivity contribution is 7.80. The van der Waals surface area contributed by atoms with Crippen LogP contribution in [0.1, 0.15) is 52.6 Å². The molecule has 6 nitrogen and oxygen atoms in total. The minimum absolute atomic E-state index is 0.0254. The van der Waals surface area contributed by atoms with E-state index in [1.54, 1.807) is 42.5 Å². The molecule has 3 N–H and O–H groups in total. The first-order valence-electron chi connectivity index (χ1n) is 13.1. The fraction of sp³-hybridized carbons (Fsp3) is 0.182. The Morgan fingerprint density at radius 1 is 0.725 bits per heavy atom. The molecule has 0 saturated carbocycles. The van der Waals surface area contributed by atoms with Gasteiger partial charge in [-0.15, -0.1) is 0 Å². The molecule has 0 unspecified atom stereocenters. The van der Waals surface area contributed by atoms with E-state index in [1.807, 2.05) is 60.7 Å². The van der Waals surface area contributed by atoms with Gasteiger partial charge >= 0.3 is 0 Å². The highest BCUT2D eigenvalue weighted by Gasteiger charge is 2.15. The molecule has 0 fully saturated rings. The average Bonchev–Trinajstić information content (AvgIpc) is 2.94. The van der Waals surface area contributed by atoms with Gasteiger partial charge in [0.2, 0.25) is 0 Å². The number of carbonyl (C=O) groups excluding carboxylic acids is 2. The lowest BCUT2D eigenvalue weighted by molar-refractivity contribution is 0.0972. The highest BCUT2D eigenvalue weighted by Crippen LogP contribution is 2.23.